The van der Waals surface area contributed by atoms with Crippen LogP contribution in [0.4, 0.5) is 0 Å². The number of morpholine rings is 1. The molecule has 0 saturated carbocycles. The van der Waals surface area contributed by atoms with Gasteiger partial charge in [-0.05, 0) is 37.6 Å². The van der Waals surface area contributed by atoms with Crippen molar-refractivity contribution < 1.29 is 13.7 Å². The van der Waals surface area contributed by atoms with Gasteiger partial charge < -0.3 is 13.7 Å². The molecule has 0 bridgehead atoms. The van der Waals surface area contributed by atoms with Gasteiger partial charge in [-0.25, -0.2) is 0 Å². The number of aromatic nitrogens is 2. The zero-order valence-electron chi connectivity index (χ0n) is 12.9. The summed E-state index contributed by atoms with van der Waals surface area (Å²) in [4.78, 5) is 7.02. The number of benzene rings is 1. The lowest BCUT2D eigenvalue weighted by Gasteiger charge is -2.33. The van der Waals surface area contributed by atoms with Crippen LogP contribution in [0.3, 0.4) is 0 Å². The molecule has 2 aliphatic rings. The van der Waals surface area contributed by atoms with Crippen LogP contribution in [-0.2, 0) is 4.74 Å². The second-order valence-electron chi connectivity index (χ2n) is 6.33. The highest BCUT2D eigenvalue weighted by atomic mass is 35.5. The Morgan fingerprint density at radius 1 is 1.25 bits per heavy atom. The summed E-state index contributed by atoms with van der Waals surface area (Å²) in [7, 11) is 0. The lowest BCUT2D eigenvalue weighted by Crippen LogP contribution is -2.42. The third-order valence-electron chi connectivity index (χ3n) is 4.92. The second-order valence-corrected chi connectivity index (χ2v) is 6.74. The van der Waals surface area contributed by atoms with Gasteiger partial charge in [0, 0.05) is 18.0 Å². The molecule has 7 heteroatoms. The highest BCUT2D eigenvalue weighted by Crippen LogP contribution is 2.34. The van der Waals surface area contributed by atoms with E-state index in [0.29, 0.717) is 28.4 Å². The van der Waals surface area contributed by atoms with Crippen LogP contribution in [0.15, 0.2) is 33.4 Å². The van der Waals surface area contributed by atoms with Crippen LogP contribution in [0.2, 0.25) is 5.02 Å². The number of hydrogen-bond acceptors (Lipinski definition) is 6. The summed E-state index contributed by atoms with van der Waals surface area (Å²) in [6.07, 6.45) is 3.92. The minimum absolute atomic E-state index is 0.135. The molecule has 2 aliphatic heterocycles. The Morgan fingerprint density at radius 2 is 2.21 bits per heavy atom. The minimum atomic E-state index is -0.135. The molecule has 3 aromatic rings. The maximum atomic E-state index is 6.15. The first-order valence-electron chi connectivity index (χ1n) is 8.15. The van der Waals surface area contributed by atoms with E-state index in [9.17, 15) is 0 Å². The minimum Gasteiger partial charge on any atom is -0.463 e. The Hall–Kier alpha value is -1.89. The molecule has 0 N–H and O–H groups in total. The van der Waals surface area contributed by atoms with Crippen molar-refractivity contribution in [1.82, 2.24) is 15.0 Å². The van der Waals surface area contributed by atoms with Crippen molar-refractivity contribution in [3.63, 3.8) is 0 Å². The predicted octanol–water partition coefficient (Wildman–Crippen LogP) is 3.67. The third kappa shape index (κ3) is 2.25. The molecule has 0 amide bonds. The number of hydrogen-bond donors (Lipinski definition) is 0. The summed E-state index contributed by atoms with van der Waals surface area (Å²) in [6.45, 7) is 2.69. The standard InChI is InChI=1S/C17H16ClN3O3/c18-13-4-3-12(11-5-7-22-15(11)13)17-19-16(20-24-17)14-8-21-6-1-2-10(21)9-23-14/h3-5,7,10,14H,1-2,6,8-9H2/t10-,14+/m0/s1. The van der Waals surface area contributed by atoms with Crippen LogP contribution in [-0.4, -0.2) is 40.8 Å². The van der Waals surface area contributed by atoms with E-state index in [1.807, 2.05) is 12.1 Å². The van der Waals surface area contributed by atoms with Crippen molar-refractivity contribution in [2.24, 2.45) is 0 Å². The molecule has 5 rings (SSSR count). The Balaban J connectivity index is 1.46. The van der Waals surface area contributed by atoms with Gasteiger partial charge in [-0.2, -0.15) is 4.98 Å². The molecule has 0 unspecified atom stereocenters. The number of rotatable bonds is 2. The molecule has 0 aliphatic carbocycles. The molecule has 2 aromatic heterocycles. The summed E-state index contributed by atoms with van der Waals surface area (Å²) in [5.41, 5.74) is 1.44. The fourth-order valence-corrected chi connectivity index (χ4v) is 3.87. The van der Waals surface area contributed by atoms with Crippen LogP contribution < -0.4 is 0 Å². The van der Waals surface area contributed by atoms with Crippen molar-refractivity contribution in [3.8, 4) is 11.5 Å². The number of fused-ring (bicyclic) bond motifs is 2. The first kappa shape index (κ1) is 14.5. The van der Waals surface area contributed by atoms with E-state index in [-0.39, 0.29) is 6.10 Å². The monoisotopic (exact) mass is 345 g/mol. The van der Waals surface area contributed by atoms with E-state index in [4.69, 9.17) is 25.3 Å². The topological polar surface area (TPSA) is 64.5 Å². The van der Waals surface area contributed by atoms with Gasteiger partial charge in [0.15, 0.2) is 5.58 Å². The fourth-order valence-electron chi connectivity index (χ4n) is 3.66. The van der Waals surface area contributed by atoms with Crippen molar-refractivity contribution in [1.29, 1.82) is 0 Å². The largest absolute Gasteiger partial charge is 0.463 e. The van der Waals surface area contributed by atoms with Crippen LogP contribution >= 0.6 is 11.6 Å². The van der Waals surface area contributed by atoms with E-state index in [1.165, 1.54) is 12.8 Å². The zero-order valence-corrected chi connectivity index (χ0v) is 13.7. The van der Waals surface area contributed by atoms with E-state index in [0.717, 1.165) is 30.6 Å². The first-order chi connectivity index (χ1) is 11.8. The van der Waals surface area contributed by atoms with Crippen molar-refractivity contribution >= 4 is 22.6 Å². The summed E-state index contributed by atoms with van der Waals surface area (Å²) >= 11 is 6.15. The molecular weight excluding hydrogens is 330 g/mol. The number of halogens is 1. The van der Waals surface area contributed by atoms with Gasteiger partial charge in [0.05, 0.1) is 23.5 Å². The average Bonchev–Trinajstić information content (AvgIpc) is 3.34. The van der Waals surface area contributed by atoms with E-state index in [1.54, 1.807) is 12.3 Å². The molecule has 4 heterocycles. The van der Waals surface area contributed by atoms with Gasteiger partial charge in [0.25, 0.3) is 5.89 Å². The molecule has 0 spiro atoms. The molecule has 1 aromatic carbocycles. The Morgan fingerprint density at radius 3 is 3.17 bits per heavy atom. The molecule has 2 fully saturated rings. The van der Waals surface area contributed by atoms with E-state index >= 15 is 0 Å². The van der Waals surface area contributed by atoms with Gasteiger partial charge in [0.1, 0.15) is 6.10 Å². The summed E-state index contributed by atoms with van der Waals surface area (Å²) in [5.74, 6) is 1.06. The van der Waals surface area contributed by atoms with Crippen LogP contribution in [0, 0.1) is 0 Å². The lowest BCUT2D eigenvalue weighted by molar-refractivity contribution is -0.0548. The number of nitrogens with zero attached hydrogens (tertiary/aromatic N) is 3. The molecule has 0 radical (unpaired) electrons. The highest BCUT2D eigenvalue weighted by molar-refractivity contribution is 6.35. The number of furan rings is 1. The molecular formula is C17H16ClN3O3. The van der Waals surface area contributed by atoms with Crippen LogP contribution in [0.25, 0.3) is 22.4 Å². The van der Waals surface area contributed by atoms with Gasteiger partial charge >= 0.3 is 0 Å². The maximum Gasteiger partial charge on any atom is 0.258 e. The summed E-state index contributed by atoms with van der Waals surface area (Å²) < 4.78 is 16.9. The molecule has 24 heavy (non-hydrogen) atoms. The normalized spacial score (nSPS) is 24.5. The predicted molar refractivity (Wildman–Crippen MR) is 87.8 cm³/mol. The highest BCUT2D eigenvalue weighted by Gasteiger charge is 2.35. The van der Waals surface area contributed by atoms with Crippen molar-refractivity contribution in [3.05, 3.63) is 35.3 Å². The Kier molecular flexibility index (Phi) is 3.36. The van der Waals surface area contributed by atoms with Crippen molar-refractivity contribution in [2.45, 2.75) is 25.0 Å². The second kappa shape index (κ2) is 5.58. The van der Waals surface area contributed by atoms with Crippen LogP contribution in [0.1, 0.15) is 24.8 Å². The van der Waals surface area contributed by atoms with Gasteiger partial charge in [-0.15, -0.1) is 0 Å². The first-order valence-corrected chi connectivity index (χ1v) is 8.53. The fraction of sp³-hybridized carbons (Fsp3) is 0.412. The molecule has 2 saturated heterocycles. The molecule has 2 atom stereocenters. The van der Waals surface area contributed by atoms with Gasteiger partial charge in [-0.1, -0.05) is 16.8 Å². The van der Waals surface area contributed by atoms with Crippen LogP contribution in [0.5, 0.6) is 0 Å². The lowest BCUT2D eigenvalue weighted by atomic mass is 10.1. The number of ether oxygens (including phenoxy) is 1. The Labute approximate surface area is 143 Å². The van der Waals surface area contributed by atoms with Gasteiger partial charge in [0.2, 0.25) is 5.82 Å². The van der Waals surface area contributed by atoms with Gasteiger partial charge in [-0.3, -0.25) is 4.90 Å². The maximum absolute atomic E-state index is 6.15. The van der Waals surface area contributed by atoms with Crippen molar-refractivity contribution in [2.75, 3.05) is 19.7 Å². The molecule has 6 nitrogen and oxygen atoms in total. The zero-order chi connectivity index (χ0) is 16.1. The SMILES string of the molecule is Clc1ccc(-c2nc([C@H]3CN4CCC[C@H]4CO3)no2)c2ccoc12. The third-order valence-corrected chi connectivity index (χ3v) is 5.22. The summed E-state index contributed by atoms with van der Waals surface area (Å²) in [6, 6.07) is 6.05. The molecule has 124 valence electrons. The average molecular weight is 346 g/mol. The quantitative estimate of drug-likeness (QED) is 0.706. The van der Waals surface area contributed by atoms with E-state index in [2.05, 4.69) is 15.0 Å². The summed E-state index contributed by atoms with van der Waals surface area (Å²) in [5, 5.41) is 5.57. The van der Waals surface area contributed by atoms with E-state index < -0.39 is 0 Å². The Bertz CT molecular complexity index is 890. The smallest absolute Gasteiger partial charge is 0.258 e.